The van der Waals surface area contributed by atoms with Crippen LogP contribution in [0.4, 0.5) is 18.9 Å². The van der Waals surface area contributed by atoms with Crippen LogP contribution in [0.2, 0.25) is 0 Å². The van der Waals surface area contributed by atoms with Gasteiger partial charge in [0.1, 0.15) is 0 Å². The number of hydrogen-bond acceptors (Lipinski definition) is 4. The van der Waals surface area contributed by atoms with Crippen molar-refractivity contribution in [2.24, 2.45) is 0 Å². The number of carbonyl (C=O) groups excluding carboxylic acids is 1. The molecule has 1 fully saturated rings. The van der Waals surface area contributed by atoms with Gasteiger partial charge in [0.05, 0.1) is 25.3 Å². The Balaban J connectivity index is 1.74. The molecule has 0 saturated carbocycles. The summed E-state index contributed by atoms with van der Waals surface area (Å²) in [6.07, 6.45) is -3.07. The number of carbonyl (C=O) groups is 1. The topological polar surface area (TPSA) is 50.8 Å². The third-order valence-corrected chi connectivity index (χ3v) is 4.93. The average Bonchev–Trinajstić information content (AvgIpc) is 2.72. The molecule has 1 aliphatic heterocycles. The van der Waals surface area contributed by atoms with E-state index >= 15 is 0 Å². The molecule has 0 aromatic heterocycles. The Kier molecular flexibility index (Phi) is 6.20. The summed E-state index contributed by atoms with van der Waals surface area (Å²) in [6.45, 7) is 0.745. The number of ether oxygens (including phenoxy) is 2. The minimum absolute atomic E-state index is 0.0798. The van der Waals surface area contributed by atoms with Crippen LogP contribution in [-0.2, 0) is 6.18 Å². The first-order valence-corrected chi connectivity index (χ1v) is 9.27. The zero-order valence-electron chi connectivity index (χ0n) is 16.3. The highest BCUT2D eigenvalue weighted by atomic mass is 19.4. The number of nitrogens with one attached hydrogen (secondary N) is 1. The fourth-order valence-electron chi connectivity index (χ4n) is 3.53. The SMILES string of the molecule is COc1ccc(N[C@H]2CCCN(C(=O)c3ccccc3C(F)(F)F)C2)cc1OC. The first kappa shape index (κ1) is 20.8. The van der Waals surface area contributed by atoms with Crippen molar-refractivity contribution < 1.29 is 27.4 Å². The third kappa shape index (κ3) is 4.75. The van der Waals surface area contributed by atoms with Crippen LogP contribution >= 0.6 is 0 Å². The number of hydrogen-bond donors (Lipinski definition) is 1. The zero-order chi connectivity index (χ0) is 21.0. The lowest BCUT2D eigenvalue weighted by Gasteiger charge is -2.34. The second-order valence-electron chi connectivity index (χ2n) is 6.85. The van der Waals surface area contributed by atoms with Crippen LogP contribution in [0.1, 0.15) is 28.8 Å². The van der Waals surface area contributed by atoms with E-state index < -0.39 is 17.6 Å². The van der Waals surface area contributed by atoms with Crippen molar-refractivity contribution in [3.8, 4) is 11.5 Å². The Morgan fingerprint density at radius 2 is 1.83 bits per heavy atom. The van der Waals surface area contributed by atoms with Gasteiger partial charge in [-0.2, -0.15) is 13.2 Å². The number of methoxy groups -OCH3 is 2. The number of anilines is 1. The Bertz CT molecular complexity index is 870. The highest BCUT2D eigenvalue weighted by Gasteiger charge is 2.36. The van der Waals surface area contributed by atoms with E-state index in [1.54, 1.807) is 26.4 Å². The van der Waals surface area contributed by atoms with Crippen molar-refractivity contribution in [2.75, 3.05) is 32.6 Å². The summed E-state index contributed by atoms with van der Waals surface area (Å²) in [5, 5.41) is 3.34. The fourth-order valence-corrected chi connectivity index (χ4v) is 3.53. The van der Waals surface area contributed by atoms with E-state index in [1.807, 2.05) is 6.07 Å². The van der Waals surface area contributed by atoms with E-state index in [-0.39, 0.29) is 11.6 Å². The van der Waals surface area contributed by atoms with Crippen LogP contribution in [0, 0.1) is 0 Å². The van der Waals surface area contributed by atoms with Gasteiger partial charge in [-0.25, -0.2) is 0 Å². The molecule has 0 aliphatic carbocycles. The molecule has 3 rings (SSSR count). The molecule has 8 heteroatoms. The molecule has 2 aromatic rings. The predicted octanol–water partition coefficient (Wildman–Crippen LogP) is 4.44. The molecule has 1 atom stereocenters. The number of nitrogens with zero attached hydrogens (tertiary/aromatic N) is 1. The van der Waals surface area contributed by atoms with Crippen molar-refractivity contribution in [1.29, 1.82) is 0 Å². The molecule has 1 N–H and O–H groups in total. The molecule has 0 unspecified atom stereocenters. The summed E-state index contributed by atoms with van der Waals surface area (Å²) in [5.74, 6) is 0.569. The monoisotopic (exact) mass is 408 g/mol. The largest absolute Gasteiger partial charge is 0.493 e. The minimum Gasteiger partial charge on any atom is -0.493 e. The molecule has 1 heterocycles. The molecule has 1 saturated heterocycles. The molecule has 1 amide bonds. The normalized spacial score (nSPS) is 17.0. The third-order valence-electron chi connectivity index (χ3n) is 4.93. The zero-order valence-corrected chi connectivity index (χ0v) is 16.3. The quantitative estimate of drug-likeness (QED) is 0.795. The first-order valence-electron chi connectivity index (χ1n) is 9.27. The summed E-state index contributed by atoms with van der Waals surface area (Å²) < 4.78 is 50.3. The van der Waals surface area contributed by atoms with Crippen LogP contribution in [0.25, 0.3) is 0 Å². The molecule has 5 nitrogen and oxygen atoms in total. The second-order valence-corrected chi connectivity index (χ2v) is 6.85. The highest BCUT2D eigenvalue weighted by Crippen LogP contribution is 2.33. The maximum Gasteiger partial charge on any atom is 0.417 e. The van der Waals surface area contributed by atoms with Crippen LogP contribution in [0.5, 0.6) is 11.5 Å². The number of benzene rings is 2. The number of halogens is 3. The molecule has 0 spiro atoms. The summed E-state index contributed by atoms with van der Waals surface area (Å²) in [4.78, 5) is 14.3. The van der Waals surface area contributed by atoms with Crippen LogP contribution in [0.3, 0.4) is 0 Å². The van der Waals surface area contributed by atoms with Gasteiger partial charge < -0.3 is 19.7 Å². The lowest BCUT2D eigenvalue weighted by Crippen LogP contribution is -2.45. The van der Waals surface area contributed by atoms with E-state index in [2.05, 4.69) is 5.32 Å². The van der Waals surface area contributed by atoms with Gasteiger partial charge >= 0.3 is 6.18 Å². The lowest BCUT2D eigenvalue weighted by atomic mass is 10.0. The molecule has 0 radical (unpaired) electrons. The van der Waals surface area contributed by atoms with Crippen LogP contribution in [-0.4, -0.2) is 44.2 Å². The number of alkyl halides is 3. The van der Waals surface area contributed by atoms with Crippen molar-refractivity contribution in [3.05, 3.63) is 53.6 Å². The van der Waals surface area contributed by atoms with Gasteiger partial charge in [0, 0.05) is 30.9 Å². The molecule has 1 aliphatic rings. The highest BCUT2D eigenvalue weighted by molar-refractivity contribution is 5.96. The first-order chi connectivity index (χ1) is 13.8. The number of likely N-dealkylation sites (tertiary alicyclic amines) is 1. The van der Waals surface area contributed by atoms with Gasteiger partial charge in [-0.05, 0) is 37.1 Å². The van der Waals surface area contributed by atoms with E-state index in [4.69, 9.17) is 9.47 Å². The smallest absolute Gasteiger partial charge is 0.417 e. The second kappa shape index (κ2) is 8.63. The van der Waals surface area contributed by atoms with Crippen molar-refractivity contribution in [1.82, 2.24) is 4.90 Å². The maximum absolute atomic E-state index is 13.3. The van der Waals surface area contributed by atoms with Gasteiger partial charge in [-0.1, -0.05) is 12.1 Å². The van der Waals surface area contributed by atoms with Crippen molar-refractivity contribution >= 4 is 11.6 Å². The van der Waals surface area contributed by atoms with Gasteiger partial charge in [0.15, 0.2) is 11.5 Å². The molecular formula is C21H23F3N2O3. The van der Waals surface area contributed by atoms with Gasteiger partial charge in [0.25, 0.3) is 5.91 Å². The average molecular weight is 408 g/mol. The van der Waals surface area contributed by atoms with Crippen LogP contribution < -0.4 is 14.8 Å². The number of rotatable bonds is 5. The summed E-state index contributed by atoms with van der Waals surface area (Å²) >= 11 is 0. The fraction of sp³-hybridized carbons (Fsp3) is 0.381. The number of amides is 1. The molecule has 29 heavy (non-hydrogen) atoms. The lowest BCUT2D eigenvalue weighted by molar-refractivity contribution is -0.138. The van der Waals surface area contributed by atoms with Crippen molar-refractivity contribution in [3.63, 3.8) is 0 Å². The summed E-state index contributed by atoms with van der Waals surface area (Å²) in [7, 11) is 3.09. The summed E-state index contributed by atoms with van der Waals surface area (Å²) in [6, 6.07) is 10.2. The molecule has 156 valence electrons. The van der Waals surface area contributed by atoms with E-state index in [0.29, 0.717) is 31.0 Å². The molecular weight excluding hydrogens is 385 g/mol. The number of piperidine rings is 1. The Hall–Kier alpha value is -2.90. The Morgan fingerprint density at radius 1 is 1.10 bits per heavy atom. The standard InChI is InChI=1S/C21H23F3N2O3/c1-28-18-10-9-14(12-19(18)29-2)25-15-6-5-11-26(13-15)20(27)16-7-3-4-8-17(16)21(22,23)24/h3-4,7-10,12,15,25H,5-6,11,13H2,1-2H3/t15-/m0/s1. The van der Waals surface area contributed by atoms with Gasteiger partial charge in [-0.15, -0.1) is 0 Å². The van der Waals surface area contributed by atoms with Crippen LogP contribution in [0.15, 0.2) is 42.5 Å². The van der Waals surface area contributed by atoms with Crippen molar-refractivity contribution in [2.45, 2.75) is 25.1 Å². The van der Waals surface area contributed by atoms with E-state index in [0.717, 1.165) is 18.2 Å². The van der Waals surface area contributed by atoms with Gasteiger partial charge in [-0.3, -0.25) is 4.79 Å². The Morgan fingerprint density at radius 3 is 2.52 bits per heavy atom. The summed E-state index contributed by atoms with van der Waals surface area (Å²) in [5.41, 5.74) is -0.426. The molecule has 2 aromatic carbocycles. The Labute approximate surface area is 167 Å². The molecule has 0 bridgehead atoms. The van der Waals surface area contributed by atoms with E-state index in [9.17, 15) is 18.0 Å². The van der Waals surface area contributed by atoms with Gasteiger partial charge in [0.2, 0.25) is 0 Å². The van der Waals surface area contributed by atoms with E-state index in [1.165, 1.54) is 23.1 Å². The maximum atomic E-state index is 13.3. The predicted molar refractivity (Wildman–Crippen MR) is 104 cm³/mol. The minimum atomic E-state index is -4.57.